The number of H-pyrrole nitrogens is 1. The molecule has 1 fully saturated rings. The minimum atomic E-state index is -0.787. The van der Waals surface area contributed by atoms with E-state index in [1.54, 1.807) is 25.4 Å². The highest BCUT2D eigenvalue weighted by Gasteiger charge is 2.38. The number of hydrogen-bond acceptors (Lipinski definition) is 4. The molecule has 0 atom stereocenters. The van der Waals surface area contributed by atoms with E-state index in [4.69, 9.17) is 9.47 Å². The van der Waals surface area contributed by atoms with Crippen LogP contribution in [0, 0.1) is 17.6 Å². The first-order valence-corrected chi connectivity index (χ1v) is 12.4. The van der Waals surface area contributed by atoms with Crippen LogP contribution in [-0.4, -0.2) is 46.7 Å². The Labute approximate surface area is 213 Å². The summed E-state index contributed by atoms with van der Waals surface area (Å²) in [5, 5.41) is 17.5. The minimum absolute atomic E-state index is 0.0531. The Morgan fingerprint density at radius 3 is 2.57 bits per heavy atom. The number of aromatic nitrogens is 3. The molecule has 4 aromatic rings. The Hall–Kier alpha value is -3.46. The number of nitrogens with zero attached hydrogens (tertiary/aromatic N) is 2. The smallest absolute Gasteiger partial charge is 0.306 e. The van der Waals surface area contributed by atoms with E-state index in [0.717, 1.165) is 11.3 Å². The summed E-state index contributed by atoms with van der Waals surface area (Å²) in [6.45, 7) is 4.44. The lowest BCUT2D eigenvalue weighted by Crippen LogP contribution is -2.29. The van der Waals surface area contributed by atoms with Gasteiger partial charge in [0.25, 0.3) is 0 Å². The summed E-state index contributed by atoms with van der Waals surface area (Å²) in [5.41, 5.74) is 2.73. The summed E-state index contributed by atoms with van der Waals surface area (Å²) in [6.07, 6.45) is 3.88. The Balaban J connectivity index is 1.87. The highest BCUT2D eigenvalue weighted by molar-refractivity contribution is 6.00. The molecule has 0 unspecified atom stereocenters. The molecule has 9 heteroatoms. The Kier molecular flexibility index (Phi) is 6.43. The molecule has 0 amide bonds. The molecule has 0 bridgehead atoms. The average molecular weight is 512 g/mol. The monoisotopic (exact) mass is 511 g/mol. The third-order valence-corrected chi connectivity index (χ3v) is 7.67. The quantitative estimate of drug-likeness (QED) is 0.314. The van der Waals surface area contributed by atoms with Gasteiger partial charge in [-0.2, -0.15) is 5.10 Å². The summed E-state index contributed by atoms with van der Waals surface area (Å²) < 4.78 is 43.6. The molecule has 2 aromatic heterocycles. The third kappa shape index (κ3) is 4.15. The number of aliphatic carboxylic acids is 1. The van der Waals surface area contributed by atoms with Crippen LogP contribution in [0.3, 0.4) is 0 Å². The van der Waals surface area contributed by atoms with Gasteiger partial charge in [-0.15, -0.1) is 0 Å². The maximum Gasteiger partial charge on any atom is 0.306 e. The van der Waals surface area contributed by atoms with Crippen molar-refractivity contribution in [1.29, 1.82) is 0 Å². The van der Waals surface area contributed by atoms with Crippen LogP contribution in [-0.2, 0) is 14.9 Å². The van der Waals surface area contributed by atoms with Crippen molar-refractivity contribution >= 4 is 27.8 Å². The standard InChI is InChI=1S/C28H31F2N3O4/c1-28(2,14-36-3)26-22(15-5-7-16(8-6-15)27(34)35)23-20(11-17-13-31-32-25(17)24(23)30)33(26)18-9-10-19(29)21(12-18)37-4/h9-13,15-16H,5-8,14H2,1-4H3,(H,31,32)(H,34,35)/t15-,16-. The second kappa shape index (κ2) is 9.45. The first-order chi connectivity index (χ1) is 17.7. The molecule has 196 valence electrons. The number of rotatable bonds is 7. The van der Waals surface area contributed by atoms with Crippen LogP contribution in [0.1, 0.15) is 56.7 Å². The number of carboxylic acid groups (broad SMARTS) is 1. The van der Waals surface area contributed by atoms with Crippen molar-refractivity contribution < 1.29 is 28.2 Å². The SMILES string of the molecule is COCC(C)(C)c1c([C@H]2CC[C@H](C(=O)O)CC2)c2c(F)c3[nH]ncc3cc2n1-c1ccc(F)c(OC)c1. The predicted molar refractivity (Wildman–Crippen MR) is 137 cm³/mol. The maximum absolute atomic E-state index is 16.3. The van der Waals surface area contributed by atoms with E-state index in [2.05, 4.69) is 10.2 Å². The number of ether oxygens (including phenoxy) is 2. The van der Waals surface area contributed by atoms with E-state index in [-0.39, 0.29) is 11.7 Å². The van der Waals surface area contributed by atoms with Gasteiger partial charge in [-0.1, -0.05) is 13.8 Å². The van der Waals surface area contributed by atoms with E-state index in [9.17, 15) is 14.3 Å². The zero-order chi connectivity index (χ0) is 26.5. The number of methoxy groups -OCH3 is 2. The van der Waals surface area contributed by atoms with Gasteiger partial charge in [-0.25, -0.2) is 8.78 Å². The highest BCUT2D eigenvalue weighted by atomic mass is 19.1. The molecule has 7 nitrogen and oxygen atoms in total. The molecule has 2 N–H and O–H groups in total. The zero-order valence-electron chi connectivity index (χ0n) is 21.4. The Morgan fingerprint density at radius 1 is 1.19 bits per heavy atom. The van der Waals surface area contributed by atoms with Crippen LogP contribution >= 0.6 is 0 Å². The van der Waals surface area contributed by atoms with Crippen molar-refractivity contribution in [2.75, 3.05) is 20.8 Å². The first-order valence-electron chi connectivity index (χ1n) is 12.4. The van der Waals surface area contributed by atoms with Crippen molar-refractivity contribution in [2.24, 2.45) is 5.92 Å². The lowest BCUT2D eigenvalue weighted by Gasteiger charge is -2.32. The molecule has 2 aromatic carbocycles. The van der Waals surface area contributed by atoms with E-state index >= 15 is 4.39 Å². The number of carboxylic acids is 1. The summed E-state index contributed by atoms with van der Waals surface area (Å²) in [7, 11) is 3.04. The molecule has 1 saturated carbocycles. The third-order valence-electron chi connectivity index (χ3n) is 7.67. The number of carbonyl (C=O) groups is 1. The second-order valence-corrected chi connectivity index (χ2v) is 10.5. The van der Waals surface area contributed by atoms with E-state index in [1.807, 2.05) is 24.5 Å². The van der Waals surface area contributed by atoms with Crippen molar-refractivity contribution in [3.63, 3.8) is 0 Å². The predicted octanol–water partition coefficient (Wildman–Crippen LogP) is 6.08. The number of halogens is 2. The number of nitrogens with one attached hydrogen (secondary N) is 1. The van der Waals surface area contributed by atoms with Gasteiger partial charge in [-0.3, -0.25) is 9.89 Å². The molecule has 1 aliphatic carbocycles. The molecule has 1 aliphatic rings. The fourth-order valence-corrected chi connectivity index (χ4v) is 6.01. The number of hydrogen-bond donors (Lipinski definition) is 2. The molecule has 2 heterocycles. The number of aromatic amines is 1. The van der Waals surface area contributed by atoms with Crippen LogP contribution in [0.5, 0.6) is 5.75 Å². The van der Waals surface area contributed by atoms with Crippen LogP contribution in [0.25, 0.3) is 27.5 Å². The lowest BCUT2D eigenvalue weighted by molar-refractivity contribution is -0.142. The lowest BCUT2D eigenvalue weighted by atomic mass is 9.74. The van der Waals surface area contributed by atoms with E-state index in [0.29, 0.717) is 59.8 Å². The minimum Gasteiger partial charge on any atom is -0.494 e. The molecule has 0 saturated heterocycles. The fraction of sp³-hybridized carbons (Fsp3) is 0.429. The van der Waals surface area contributed by atoms with Crippen LogP contribution in [0.4, 0.5) is 8.78 Å². The normalized spacial score (nSPS) is 18.5. The zero-order valence-corrected chi connectivity index (χ0v) is 21.4. The van der Waals surface area contributed by atoms with Crippen molar-refractivity contribution in [2.45, 2.75) is 50.9 Å². The first kappa shape index (κ1) is 25.2. The summed E-state index contributed by atoms with van der Waals surface area (Å²) in [5.74, 6) is -2.04. The Morgan fingerprint density at radius 2 is 1.92 bits per heavy atom. The van der Waals surface area contributed by atoms with Crippen molar-refractivity contribution in [3.05, 3.63) is 53.4 Å². The molecule has 0 radical (unpaired) electrons. The van der Waals surface area contributed by atoms with Gasteiger partial charge >= 0.3 is 5.97 Å². The van der Waals surface area contributed by atoms with Gasteiger partial charge < -0.3 is 19.1 Å². The second-order valence-electron chi connectivity index (χ2n) is 10.5. The van der Waals surface area contributed by atoms with Gasteiger partial charge in [0.1, 0.15) is 5.52 Å². The highest BCUT2D eigenvalue weighted by Crippen LogP contribution is 2.48. The van der Waals surface area contributed by atoms with E-state index < -0.39 is 28.9 Å². The largest absolute Gasteiger partial charge is 0.494 e. The maximum atomic E-state index is 16.3. The fourth-order valence-electron chi connectivity index (χ4n) is 6.01. The van der Waals surface area contributed by atoms with Crippen LogP contribution in [0.2, 0.25) is 0 Å². The molecular formula is C28H31F2N3O4. The molecular weight excluding hydrogens is 480 g/mol. The van der Waals surface area contributed by atoms with Gasteiger partial charge in [0.15, 0.2) is 17.4 Å². The summed E-state index contributed by atoms with van der Waals surface area (Å²) in [4.78, 5) is 11.6. The molecule has 5 rings (SSSR count). The summed E-state index contributed by atoms with van der Waals surface area (Å²) in [6, 6.07) is 6.51. The van der Waals surface area contributed by atoms with Crippen molar-refractivity contribution in [3.8, 4) is 11.4 Å². The van der Waals surface area contributed by atoms with Gasteiger partial charge in [0, 0.05) is 40.7 Å². The van der Waals surface area contributed by atoms with Crippen LogP contribution in [0.15, 0.2) is 30.5 Å². The van der Waals surface area contributed by atoms with Crippen LogP contribution < -0.4 is 4.74 Å². The molecule has 0 aliphatic heterocycles. The van der Waals surface area contributed by atoms with Gasteiger partial charge in [0.2, 0.25) is 0 Å². The number of benzene rings is 2. The topological polar surface area (TPSA) is 89.4 Å². The molecule has 0 spiro atoms. The summed E-state index contributed by atoms with van der Waals surface area (Å²) >= 11 is 0. The van der Waals surface area contributed by atoms with E-state index in [1.165, 1.54) is 13.2 Å². The van der Waals surface area contributed by atoms with Gasteiger partial charge in [0.05, 0.1) is 31.3 Å². The number of fused-ring (bicyclic) bond motifs is 2. The van der Waals surface area contributed by atoms with Crippen molar-refractivity contribution in [1.82, 2.24) is 14.8 Å². The Bertz CT molecular complexity index is 1480. The van der Waals surface area contributed by atoms with Gasteiger partial charge in [-0.05, 0) is 55.4 Å². The average Bonchev–Trinajstić information content (AvgIpc) is 3.48. The molecule has 37 heavy (non-hydrogen) atoms.